The zero-order valence-corrected chi connectivity index (χ0v) is 35.5. The van der Waals surface area contributed by atoms with Crippen molar-refractivity contribution in [1.82, 2.24) is 0 Å². The lowest BCUT2D eigenvalue weighted by molar-refractivity contribution is -0.151. The van der Waals surface area contributed by atoms with Gasteiger partial charge in [-0.05, 0) is 143 Å². The van der Waals surface area contributed by atoms with Crippen LogP contribution in [0.5, 0.6) is 0 Å². The number of esters is 1. The van der Waals surface area contributed by atoms with Crippen molar-refractivity contribution in [2.45, 2.75) is 195 Å². The van der Waals surface area contributed by atoms with Crippen LogP contribution in [0.15, 0.2) is 72.4 Å². The monoisotopic (exact) mass is 727 g/mol. The van der Waals surface area contributed by atoms with Gasteiger partial charge in [-0.25, -0.2) is 0 Å². The Balaban J connectivity index is 1.05. The van der Waals surface area contributed by atoms with Crippen LogP contribution in [0.4, 0.5) is 0 Å². The fraction of sp³-hybridized carbons (Fsp3) is 0.745. The van der Waals surface area contributed by atoms with Gasteiger partial charge in [-0.3, -0.25) is 4.79 Å². The molecule has 298 valence electrons. The number of hydrogen-bond donors (Lipinski definition) is 0. The minimum absolute atomic E-state index is 0.0413. The molecule has 4 aliphatic rings. The lowest BCUT2D eigenvalue weighted by Crippen LogP contribution is -2.51. The number of fused-ring (bicyclic) bond motifs is 5. The SMILES string of the molecule is CC/C=C\C/C=C\C/C=C\C/C=C\C/C=C\CCCCCCCC(=O)OC1CCC2(C)C(=CCC3C2CCC2(C)C(C(C)CCCC(C)C)CCC32)C1. The van der Waals surface area contributed by atoms with E-state index in [2.05, 4.69) is 108 Å². The highest BCUT2D eigenvalue weighted by Crippen LogP contribution is 2.67. The Morgan fingerprint density at radius 1 is 0.736 bits per heavy atom. The van der Waals surface area contributed by atoms with E-state index in [1.54, 1.807) is 5.57 Å². The van der Waals surface area contributed by atoms with Crippen molar-refractivity contribution >= 4 is 5.97 Å². The van der Waals surface area contributed by atoms with Crippen molar-refractivity contribution in [2.75, 3.05) is 0 Å². The van der Waals surface area contributed by atoms with E-state index >= 15 is 0 Å². The van der Waals surface area contributed by atoms with Gasteiger partial charge in [0.05, 0.1) is 0 Å². The van der Waals surface area contributed by atoms with Crippen molar-refractivity contribution < 1.29 is 9.53 Å². The molecule has 0 aromatic rings. The van der Waals surface area contributed by atoms with Crippen LogP contribution in [-0.4, -0.2) is 12.1 Å². The highest BCUT2D eigenvalue weighted by molar-refractivity contribution is 5.69. The normalized spacial score (nSPS) is 30.8. The van der Waals surface area contributed by atoms with Crippen molar-refractivity contribution in [1.29, 1.82) is 0 Å². The zero-order valence-electron chi connectivity index (χ0n) is 35.5. The maximum atomic E-state index is 12.9. The quantitative estimate of drug-likeness (QED) is 0.0595. The van der Waals surface area contributed by atoms with Crippen LogP contribution in [0, 0.1) is 46.3 Å². The van der Waals surface area contributed by atoms with Gasteiger partial charge in [0.2, 0.25) is 0 Å². The van der Waals surface area contributed by atoms with Crippen molar-refractivity contribution in [3.8, 4) is 0 Å². The lowest BCUT2D eigenvalue weighted by Gasteiger charge is -2.58. The molecule has 0 heterocycles. The standard InChI is InChI=1S/C51H82O2/c1-7-8-9-10-11-12-13-14-15-16-17-18-19-20-21-22-23-24-25-26-27-31-49(52)53-44-36-38-50(5)43(40-44)32-33-45-47-35-34-46(42(4)30-28-29-41(2)3)51(47,6)39-37-48(45)50/h8-9,11-12,14-15,17-18,20-21,32,41-42,44-48H,7,10,13,16,19,22-31,33-40H2,1-6H3/b9-8-,12-11-,15-14-,18-17-,21-20-. The first-order chi connectivity index (χ1) is 25.7. The molecule has 8 atom stereocenters. The maximum absolute atomic E-state index is 12.9. The summed E-state index contributed by atoms with van der Waals surface area (Å²) in [5.74, 6) is 5.26. The van der Waals surface area contributed by atoms with Gasteiger partial charge in [0.1, 0.15) is 6.10 Å². The van der Waals surface area contributed by atoms with E-state index in [-0.39, 0.29) is 12.1 Å². The second-order valence-corrected chi connectivity index (χ2v) is 18.7. The minimum atomic E-state index is 0.0413. The maximum Gasteiger partial charge on any atom is 0.306 e. The average Bonchev–Trinajstić information content (AvgIpc) is 3.49. The molecule has 4 rings (SSSR count). The van der Waals surface area contributed by atoms with Crippen LogP contribution in [0.2, 0.25) is 0 Å². The number of ether oxygens (including phenoxy) is 1. The molecule has 2 heteroatoms. The summed E-state index contributed by atoms with van der Waals surface area (Å²) in [6, 6.07) is 0. The number of carbonyl (C=O) groups is 1. The number of hydrogen-bond acceptors (Lipinski definition) is 2. The van der Waals surface area contributed by atoms with E-state index in [0.29, 0.717) is 17.3 Å². The average molecular weight is 727 g/mol. The van der Waals surface area contributed by atoms with E-state index in [4.69, 9.17) is 4.74 Å². The molecule has 4 aliphatic carbocycles. The zero-order chi connectivity index (χ0) is 37.9. The van der Waals surface area contributed by atoms with Crippen LogP contribution in [0.25, 0.3) is 0 Å². The van der Waals surface area contributed by atoms with Gasteiger partial charge in [-0.15, -0.1) is 0 Å². The van der Waals surface area contributed by atoms with E-state index in [1.807, 2.05) is 0 Å². The number of allylic oxidation sites excluding steroid dienone is 11. The van der Waals surface area contributed by atoms with Crippen molar-refractivity contribution in [3.05, 3.63) is 72.4 Å². The smallest absolute Gasteiger partial charge is 0.306 e. The summed E-state index contributed by atoms with van der Waals surface area (Å²) < 4.78 is 6.14. The van der Waals surface area contributed by atoms with Gasteiger partial charge < -0.3 is 4.74 Å². The molecule has 0 aromatic carbocycles. The summed E-state index contributed by atoms with van der Waals surface area (Å²) in [4.78, 5) is 12.9. The summed E-state index contributed by atoms with van der Waals surface area (Å²) >= 11 is 0. The largest absolute Gasteiger partial charge is 0.462 e. The molecule has 0 radical (unpaired) electrons. The van der Waals surface area contributed by atoms with Gasteiger partial charge in [-0.2, -0.15) is 0 Å². The predicted molar refractivity (Wildman–Crippen MR) is 230 cm³/mol. The third-order valence-corrected chi connectivity index (χ3v) is 14.5. The Labute approximate surface area is 328 Å². The number of carbonyl (C=O) groups excluding carboxylic acids is 1. The van der Waals surface area contributed by atoms with Gasteiger partial charge in [-0.1, -0.05) is 152 Å². The minimum Gasteiger partial charge on any atom is -0.462 e. The lowest BCUT2D eigenvalue weighted by atomic mass is 9.47. The molecule has 0 aliphatic heterocycles. The van der Waals surface area contributed by atoms with Crippen molar-refractivity contribution in [3.63, 3.8) is 0 Å². The number of rotatable bonds is 23. The van der Waals surface area contributed by atoms with E-state index in [9.17, 15) is 4.79 Å². The molecular formula is C51H82O2. The topological polar surface area (TPSA) is 26.3 Å². The molecule has 0 N–H and O–H groups in total. The summed E-state index contributed by atoms with van der Waals surface area (Å²) in [6.07, 6.45) is 52.6. The highest BCUT2D eigenvalue weighted by Gasteiger charge is 2.59. The molecule has 8 unspecified atom stereocenters. The summed E-state index contributed by atoms with van der Waals surface area (Å²) in [5.41, 5.74) is 2.50. The fourth-order valence-electron chi connectivity index (χ4n) is 11.4. The fourth-order valence-corrected chi connectivity index (χ4v) is 11.4. The van der Waals surface area contributed by atoms with Gasteiger partial charge in [0.25, 0.3) is 0 Å². The second-order valence-electron chi connectivity index (χ2n) is 18.7. The van der Waals surface area contributed by atoms with Gasteiger partial charge in [0.15, 0.2) is 0 Å². The molecule has 3 fully saturated rings. The van der Waals surface area contributed by atoms with Crippen LogP contribution >= 0.6 is 0 Å². The molecule has 2 nitrogen and oxygen atoms in total. The number of unbranched alkanes of at least 4 members (excludes halogenated alkanes) is 5. The molecule has 0 saturated heterocycles. The molecule has 0 aromatic heterocycles. The highest BCUT2D eigenvalue weighted by atomic mass is 16.5. The predicted octanol–water partition coefficient (Wildman–Crippen LogP) is 15.4. The Hall–Kier alpha value is -2.09. The summed E-state index contributed by atoms with van der Waals surface area (Å²) in [6.45, 7) is 14.8. The van der Waals surface area contributed by atoms with Crippen LogP contribution < -0.4 is 0 Å². The van der Waals surface area contributed by atoms with Gasteiger partial charge >= 0.3 is 5.97 Å². The molecule has 0 spiro atoms. The molecule has 53 heavy (non-hydrogen) atoms. The third-order valence-electron chi connectivity index (χ3n) is 14.5. The van der Waals surface area contributed by atoms with Crippen molar-refractivity contribution in [2.24, 2.45) is 46.3 Å². The molecule has 0 amide bonds. The van der Waals surface area contributed by atoms with Crippen LogP contribution in [0.1, 0.15) is 189 Å². The Bertz CT molecular complexity index is 1240. The first kappa shape index (κ1) is 43.6. The first-order valence-electron chi connectivity index (χ1n) is 22.8. The van der Waals surface area contributed by atoms with E-state index < -0.39 is 0 Å². The Kier molecular flexibility index (Phi) is 19.0. The van der Waals surface area contributed by atoms with Crippen LogP contribution in [0.3, 0.4) is 0 Å². The molecule has 0 bridgehead atoms. The van der Waals surface area contributed by atoms with Gasteiger partial charge in [0, 0.05) is 12.8 Å². The Morgan fingerprint density at radius 2 is 1.38 bits per heavy atom. The Morgan fingerprint density at radius 3 is 2.06 bits per heavy atom. The summed E-state index contributed by atoms with van der Waals surface area (Å²) in [5, 5.41) is 0. The first-order valence-corrected chi connectivity index (χ1v) is 22.8. The molecular weight excluding hydrogens is 645 g/mol. The summed E-state index contributed by atoms with van der Waals surface area (Å²) in [7, 11) is 0. The van der Waals surface area contributed by atoms with Crippen LogP contribution in [-0.2, 0) is 9.53 Å². The van der Waals surface area contributed by atoms with E-state index in [0.717, 1.165) is 99.7 Å². The third kappa shape index (κ3) is 13.3. The van der Waals surface area contributed by atoms with E-state index in [1.165, 1.54) is 77.0 Å². The second kappa shape index (κ2) is 23.1. The molecule has 3 saturated carbocycles.